The van der Waals surface area contributed by atoms with E-state index in [1.54, 1.807) is 12.1 Å². The predicted molar refractivity (Wildman–Crippen MR) is 138 cm³/mol. The predicted octanol–water partition coefficient (Wildman–Crippen LogP) is 4.82. The van der Waals surface area contributed by atoms with Crippen molar-refractivity contribution in [2.45, 2.75) is 31.8 Å². The number of piperazine rings is 1. The number of amides is 2. The lowest BCUT2D eigenvalue weighted by molar-refractivity contribution is 0.0642. The van der Waals surface area contributed by atoms with E-state index in [9.17, 15) is 9.59 Å². The second-order valence-corrected chi connectivity index (χ2v) is 10.1. The third-order valence-electron chi connectivity index (χ3n) is 7.76. The molecule has 1 aliphatic carbocycles. The molecule has 0 unspecified atom stereocenters. The summed E-state index contributed by atoms with van der Waals surface area (Å²) in [5.74, 6) is -0.474. The Morgan fingerprint density at radius 3 is 2.34 bits per heavy atom. The highest BCUT2D eigenvalue weighted by Crippen LogP contribution is 2.34. The van der Waals surface area contributed by atoms with Gasteiger partial charge in [0, 0.05) is 37.2 Å². The third kappa shape index (κ3) is 4.03. The van der Waals surface area contributed by atoms with Crippen LogP contribution in [-0.2, 0) is 19.4 Å². The Morgan fingerprint density at radius 1 is 0.800 bits per heavy atom. The zero-order valence-electron chi connectivity index (χ0n) is 19.6. The molecule has 0 aromatic heterocycles. The van der Waals surface area contributed by atoms with Crippen LogP contribution in [0.4, 0.5) is 5.69 Å². The van der Waals surface area contributed by atoms with Crippen LogP contribution in [0.3, 0.4) is 0 Å². The maximum atomic E-state index is 13.4. The van der Waals surface area contributed by atoms with Gasteiger partial charge in [0.2, 0.25) is 0 Å². The molecule has 5 nitrogen and oxygen atoms in total. The molecule has 0 N–H and O–H groups in total. The van der Waals surface area contributed by atoms with E-state index in [0.29, 0.717) is 22.2 Å². The number of imide groups is 1. The van der Waals surface area contributed by atoms with Crippen LogP contribution in [-0.4, -0.2) is 53.8 Å². The molecule has 0 spiro atoms. The molecular weight excluding hydrogens is 458 g/mol. The maximum absolute atomic E-state index is 13.4. The van der Waals surface area contributed by atoms with E-state index in [2.05, 4.69) is 34.1 Å². The fourth-order valence-electron chi connectivity index (χ4n) is 5.84. The van der Waals surface area contributed by atoms with E-state index in [4.69, 9.17) is 11.6 Å². The molecule has 3 aliphatic rings. The Balaban J connectivity index is 1.17. The van der Waals surface area contributed by atoms with Crippen molar-refractivity contribution in [3.63, 3.8) is 0 Å². The van der Waals surface area contributed by atoms with Crippen molar-refractivity contribution < 1.29 is 9.59 Å². The van der Waals surface area contributed by atoms with Crippen molar-refractivity contribution in [1.82, 2.24) is 9.80 Å². The maximum Gasteiger partial charge on any atom is 0.263 e. The summed E-state index contributed by atoms with van der Waals surface area (Å²) in [5.41, 5.74) is 5.64. The molecule has 3 aromatic rings. The van der Waals surface area contributed by atoms with Gasteiger partial charge in [-0.1, -0.05) is 60.1 Å². The largest absolute Gasteiger partial charge is 0.368 e. The van der Waals surface area contributed by atoms with Crippen LogP contribution in [0.5, 0.6) is 0 Å². The smallest absolute Gasteiger partial charge is 0.263 e. The first-order chi connectivity index (χ1) is 17.1. The fourth-order valence-corrected chi connectivity index (χ4v) is 6.03. The second-order valence-electron chi connectivity index (χ2n) is 9.68. The number of carbonyl (C=O) groups excluding carboxylic acids is 2. The van der Waals surface area contributed by atoms with Gasteiger partial charge in [-0.25, -0.2) is 0 Å². The monoisotopic (exact) mass is 485 g/mol. The highest BCUT2D eigenvalue weighted by atomic mass is 35.5. The number of rotatable bonds is 4. The molecule has 35 heavy (non-hydrogen) atoms. The summed E-state index contributed by atoms with van der Waals surface area (Å²) in [6, 6.07) is 22.4. The molecule has 178 valence electrons. The summed E-state index contributed by atoms with van der Waals surface area (Å²) in [7, 11) is 0. The van der Waals surface area contributed by atoms with Crippen molar-refractivity contribution in [1.29, 1.82) is 0 Å². The number of carbonyl (C=O) groups is 2. The number of benzene rings is 3. The SMILES string of the molecule is O=C1c2cccc(N3CCN([C@@H]4CCc5ccccc5C4)CC3)c2C(=O)N1Cc1ccccc1Cl. The number of hydrogen-bond acceptors (Lipinski definition) is 4. The Labute approximate surface area is 210 Å². The molecular formula is C29H28ClN3O2. The summed E-state index contributed by atoms with van der Waals surface area (Å²) < 4.78 is 0. The third-order valence-corrected chi connectivity index (χ3v) is 8.12. The molecule has 0 radical (unpaired) electrons. The fraction of sp³-hybridized carbons (Fsp3) is 0.310. The number of anilines is 1. The first kappa shape index (κ1) is 22.3. The minimum Gasteiger partial charge on any atom is -0.368 e. The second kappa shape index (κ2) is 9.14. The van der Waals surface area contributed by atoms with E-state index in [1.165, 1.54) is 22.4 Å². The number of halogens is 1. The molecule has 3 aromatic carbocycles. The number of hydrogen-bond donors (Lipinski definition) is 0. The Hall–Kier alpha value is -3.15. The molecule has 0 saturated carbocycles. The van der Waals surface area contributed by atoms with Gasteiger partial charge in [0.05, 0.1) is 23.4 Å². The topological polar surface area (TPSA) is 43.9 Å². The Morgan fingerprint density at radius 2 is 1.54 bits per heavy atom. The molecule has 1 atom stereocenters. The van der Waals surface area contributed by atoms with E-state index < -0.39 is 0 Å². The zero-order valence-corrected chi connectivity index (χ0v) is 20.4. The summed E-state index contributed by atoms with van der Waals surface area (Å²) in [6.45, 7) is 3.80. The van der Waals surface area contributed by atoms with Gasteiger partial charge >= 0.3 is 0 Å². The zero-order chi connectivity index (χ0) is 23.9. The van der Waals surface area contributed by atoms with Gasteiger partial charge < -0.3 is 4.90 Å². The molecule has 1 fully saturated rings. The molecule has 1 saturated heterocycles. The van der Waals surface area contributed by atoms with Crippen molar-refractivity contribution >= 4 is 29.1 Å². The average molecular weight is 486 g/mol. The van der Waals surface area contributed by atoms with Crippen molar-refractivity contribution in [2.24, 2.45) is 0 Å². The molecule has 2 aliphatic heterocycles. The summed E-state index contributed by atoms with van der Waals surface area (Å²) in [6.07, 6.45) is 3.45. The van der Waals surface area contributed by atoms with E-state index in [-0.39, 0.29) is 18.4 Å². The van der Waals surface area contributed by atoms with Gasteiger partial charge in [-0.2, -0.15) is 0 Å². The van der Waals surface area contributed by atoms with Crippen LogP contribution in [0.25, 0.3) is 0 Å². The van der Waals surface area contributed by atoms with Gasteiger partial charge in [-0.15, -0.1) is 0 Å². The Bertz CT molecular complexity index is 1300. The summed E-state index contributed by atoms with van der Waals surface area (Å²) >= 11 is 6.31. The van der Waals surface area contributed by atoms with E-state index >= 15 is 0 Å². The lowest BCUT2D eigenvalue weighted by atomic mass is 9.87. The van der Waals surface area contributed by atoms with Crippen molar-refractivity contribution in [3.05, 3.63) is 99.6 Å². The van der Waals surface area contributed by atoms with E-state index in [1.807, 2.05) is 30.3 Å². The van der Waals surface area contributed by atoms with Gasteiger partial charge in [-0.3, -0.25) is 19.4 Å². The highest BCUT2D eigenvalue weighted by molar-refractivity contribution is 6.31. The number of fused-ring (bicyclic) bond motifs is 2. The first-order valence-electron chi connectivity index (χ1n) is 12.4. The van der Waals surface area contributed by atoms with Gasteiger partial charge in [0.1, 0.15) is 0 Å². The van der Waals surface area contributed by atoms with Crippen LogP contribution >= 0.6 is 11.6 Å². The van der Waals surface area contributed by atoms with Crippen LogP contribution in [0.2, 0.25) is 5.02 Å². The number of nitrogens with zero attached hydrogens (tertiary/aromatic N) is 3. The standard InChI is InChI=1S/C29H28ClN3O2/c30-25-10-4-3-8-22(25)19-33-28(34)24-9-5-11-26(27(24)29(33)35)32-16-14-31(15-17-32)23-13-12-20-6-1-2-7-21(20)18-23/h1-11,23H,12-19H2/t23-/m1/s1. The van der Waals surface area contributed by atoms with Gasteiger partial charge in [0.25, 0.3) is 11.8 Å². The van der Waals surface area contributed by atoms with Crippen LogP contribution in [0, 0.1) is 0 Å². The average Bonchev–Trinajstić information content (AvgIpc) is 3.14. The summed E-state index contributed by atoms with van der Waals surface area (Å²) in [4.78, 5) is 32.8. The van der Waals surface area contributed by atoms with Gasteiger partial charge in [-0.05, 0) is 54.2 Å². The summed E-state index contributed by atoms with van der Waals surface area (Å²) in [5, 5.41) is 0.561. The van der Waals surface area contributed by atoms with Gasteiger partial charge in [0.15, 0.2) is 0 Å². The number of aryl methyl sites for hydroxylation is 1. The quantitative estimate of drug-likeness (QED) is 0.497. The van der Waals surface area contributed by atoms with Crippen LogP contribution < -0.4 is 4.90 Å². The first-order valence-corrected chi connectivity index (χ1v) is 12.8. The highest BCUT2D eigenvalue weighted by Gasteiger charge is 2.39. The van der Waals surface area contributed by atoms with Crippen molar-refractivity contribution in [3.8, 4) is 0 Å². The molecule has 6 heteroatoms. The lowest BCUT2D eigenvalue weighted by Gasteiger charge is -2.42. The minimum absolute atomic E-state index is 0.183. The van der Waals surface area contributed by atoms with Crippen LogP contribution in [0.15, 0.2) is 66.7 Å². The molecule has 0 bridgehead atoms. The molecule has 6 rings (SSSR count). The molecule has 2 amide bonds. The van der Waals surface area contributed by atoms with Crippen LogP contribution in [0.1, 0.15) is 43.8 Å². The van der Waals surface area contributed by atoms with E-state index in [0.717, 1.165) is 50.3 Å². The minimum atomic E-state index is -0.244. The normalized spacial score (nSPS) is 20.2. The molecule has 2 heterocycles. The Kier molecular flexibility index (Phi) is 5.83. The van der Waals surface area contributed by atoms with Crippen molar-refractivity contribution in [2.75, 3.05) is 31.1 Å². The lowest BCUT2D eigenvalue weighted by Crippen LogP contribution is -2.52.